The Labute approximate surface area is 135 Å². The summed E-state index contributed by atoms with van der Waals surface area (Å²) in [5.74, 6) is 1.17. The normalized spacial score (nSPS) is 10.3. The zero-order valence-electron chi connectivity index (χ0n) is 13.2. The Morgan fingerprint density at radius 2 is 1.87 bits per heavy atom. The van der Waals surface area contributed by atoms with Crippen LogP contribution in [-0.4, -0.2) is 15.2 Å². The Bertz CT molecular complexity index is 801. The van der Waals surface area contributed by atoms with E-state index in [0.29, 0.717) is 18.3 Å². The first kappa shape index (κ1) is 15.0. The summed E-state index contributed by atoms with van der Waals surface area (Å²) < 4.78 is 0. The van der Waals surface area contributed by atoms with E-state index in [-0.39, 0.29) is 0 Å². The number of anilines is 3. The molecule has 2 aromatic carbocycles. The number of rotatable bonds is 5. The Balaban J connectivity index is 1.69. The maximum atomic E-state index is 4.45. The molecular formula is C18H19N5. The number of nitrogens with one attached hydrogen (secondary N) is 2. The van der Waals surface area contributed by atoms with Crippen LogP contribution >= 0.6 is 0 Å². The monoisotopic (exact) mass is 305 g/mol. The number of para-hydroxylation sites is 1. The lowest BCUT2D eigenvalue weighted by molar-refractivity contribution is 0.948. The Hall–Kier alpha value is -2.95. The molecule has 23 heavy (non-hydrogen) atoms. The molecule has 3 rings (SSSR count). The van der Waals surface area contributed by atoms with Crippen LogP contribution < -0.4 is 10.6 Å². The number of benzene rings is 2. The first-order valence-corrected chi connectivity index (χ1v) is 7.52. The molecule has 0 aliphatic carbocycles. The van der Waals surface area contributed by atoms with E-state index in [1.54, 1.807) is 6.20 Å². The predicted molar refractivity (Wildman–Crippen MR) is 92.8 cm³/mol. The minimum atomic E-state index is 0.505. The number of aromatic nitrogens is 3. The van der Waals surface area contributed by atoms with Crippen molar-refractivity contribution in [1.29, 1.82) is 0 Å². The molecule has 0 unspecified atom stereocenters. The maximum absolute atomic E-state index is 4.45. The van der Waals surface area contributed by atoms with E-state index in [0.717, 1.165) is 11.3 Å². The van der Waals surface area contributed by atoms with Crippen molar-refractivity contribution in [2.45, 2.75) is 20.4 Å². The van der Waals surface area contributed by atoms with Crippen molar-refractivity contribution in [2.75, 3.05) is 10.6 Å². The van der Waals surface area contributed by atoms with Crippen LogP contribution in [0.15, 0.2) is 54.7 Å². The molecular weight excluding hydrogens is 286 g/mol. The summed E-state index contributed by atoms with van der Waals surface area (Å²) in [6, 6.07) is 16.4. The van der Waals surface area contributed by atoms with Crippen molar-refractivity contribution >= 4 is 17.5 Å². The summed E-state index contributed by atoms with van der Waals surface area (Å²) in [6.45, 7) is 4.79. The third-order valence-corrected chi connectivity index (χ3v) is 3.50. The van der Waals surface area contributed by atoms with Crippen LogP contribution in [0.25, 0.3) is 0 Å². The van der Waals surface area contributed by atoms with E-state index in [1.807, 2.05) is 37.3 Å². The van der Waals surface area contributed by atoms with Gasteiger partial charge in [0, 0.05) is 12.2 Å². The van der Waals surface area contributed by atoms with Crippen molar-refractivity contribution in [2.24, 2.45) is 0 Å². The van der Waals surface area contributed by atoms with Crippen LogP contribution in [0.2, 0.25) is 0 Å². The summed E-state index contributed by atoms with van der Waals surface area (Å²) in [5.41, 5.74) is 4.59. The fraction of sp³-hybridized carbons (Fsp3) is 0.167. The number of aryl methyl sites for hydroxylation is 2. The molecule has 0 spiro atoms. The SMILES string of the molecule is Cc1cccc(CNc2nncc(Nc3ccccc3C)n2)c1. The van der Waals surface area contributed by atoms with Crippen LogP contribution in [0, 0.1) is 13.8 Å². The lowest BCUT2D eigenvalue weighted by Gasteiger charge is -2.09. The largest absolute Gasteiger partial charge is 0.349 e. The molecule has 116 valence electrons. The standard InChI is InChI=1S/C18H19N5/c1-13-6-5-8-15(10-13)11-19-18-22-17(12-20-23-18)21-16-9-4-3-7-14(16)2/h3-10,12H,11H2,1-2H3,(H2,19,21,22,23). The second-order valence-corrected chi connectivity index (χ2v) is 5.45. The highest BCUT2D eigenvalue weighted by atomic mass is 15.3. The summed E-state index contributed by atoms with van der Waals surface area (Å²) in [7, 11) is 0. The van der Waals surface area contributed by atoms with E-state index in [4.69, 9.17) is 0 Å². The number of nitrogens with zero attached hydrogens (tertiary/aromatic N) is 3. The van der Waals surface area contributed by atoms with Gasteiger partial charge in [0.25, 0.3) is 0 Å². The van der Waals surface area contributed by atoms with Crippen molar-refractivity contribution in [3.05, 3.63) is 71.4 Å². The quantitative estimate of drug-likeness (QED) is 0.750. The lowest BCUT2D eigenvalue weighted by atomic mass is 10.1. The van der Waals surface area contributed by atoms with Gasteiger partial charge in [-0.25, -0.2) is 0 Å². The van der Waals surface area contributed by atoms with Crippen molar-refractivity contribution in [3.63, 3.8) is 0 Å². The third-order valence-electron chi connectivity index (χ3n) is 3.50. The maximum Gasteiger partial charge on any atom is 0.244 e. The van der Waals surface area contributed by atoms with Gasteiger partial charge in [0.15, 0.2) is 5.82 Å². The molecule has 0 bridgehead atoms. The zero-order valence-corrected chi connectivity index (χ0v) is 13.2. The molecule has 3 aromatic rings. The molecule has 0 radical (unpaired) electrons. The van der Waals surface area contributed by atoms with Crippen molar-refractivity contribution in [1.82, 2.24) is 15.2 Å². The van der Waals surface area contributed by atoms with Crippen LogP contribution in [0.5, 0.6) is 0 Å². The molecule has 2 N–H and O–H groups in total. The minimum Gasteiger partial charge on any atom is -0.349 e. The second kappa shape index (κ2) is 6.87. The van der Waals surface area contributed by atoms with E-state index < -0.39 is 0 Å². The van der Waals surface area contributed by atoms with Gasteiger partial charge in [-0.3, -0.25) is 0 Å². The third kappa shape index (κ3) is 4.03. The highest BCUT2D eigenvalue weighted by Crippen LogP contribution is 2.18. The van der Waals surface area contributed by atoms with Gasteiger partial charge in [0.05, 0.1) is 6.20 Å². The molecule has 5 nitrogen and oxygen atoms in total. The molecule has 0 aliphatic heterocycles. The fourth-order valence-electron chi connectivity index (χ4n) is 2.29. The molecule has 0 aliphatic rings. The van der Waals surface area contributed by atoms with E-state index in [9.17, 15) is 0 Å². The van der Waals surface area contributed by atoms with Crippen LogP contribution in [-0.2, 0) is 6.54 Å². The highest BCUT2D eigenvalue weighted by molar-refractivity contribution is 5.60. The molecule has 0 saturated heterocycles. The predicted octanol–water partition coefficient (Wildman–Crippen LogP) is 3.84. The summed E-state index contributed by atoms with van der Waals surface area (Å²) >= 11 is 0. The van der Waals surface area contributed by atoms with Gasteiger partial charge in [0.2, 0.25) is 5.95 Å². The fourth-order valence-corrected chi connectivity index (χ4v) is 2.29. The van der Waals surface area contributed by atoms with Gasteiger partial charge < -0.3 is 10.6 Å². The molecule has 1 aromatic heterocycles. The minimum absolute atomic E-state index is 0.505. The van der Waals surface area contributed by atoms with Gasteiger partial charge >= 0.3 is 0 Å². The first-order chi connectivity index (χ1) is 11.2. The van der Waals surface area contributed by atoms with Gasteiger partial charge in [0.1, 0.15) is 0 Å². The van der Waals surface area contributed by atoms with Crippen LogP contribution in [0.1, 0.15) is 16.7 Å². The Morgan fingerprint density at radius 1 is 1.00 bits per heavy atom. The first-order valence-electron chi connectivity index (χ1n) is 7.52. The summed E-state index contributed by atoms with van der Waals surface area (Å²) in [6.07, 6.45) is 1.62. The van der Waals surface area contributed by atoms with Gasteiger partial charge in [-0.2, -0.15) is 10.1 Å². The second-order valence-electron chi connectivity index (χ2n) is 5.45. The number of hydrogen-bond acceptors (Lipinski definition) is 5. The molecule has 1 heterocycles. The Kier molecular flexibility index (Phi) is 4.47. The van der Waals surface area contributed by atoms with E-state index in [1.165, 1.54) is 11.1 Å². The molecule has 0 amide bonds. The average Bonchev–Trinajstić information content (AvgIpc) is 2.56. The van der Waals surface area contributed by atoms with Gasteiger partial charge in [-0.1, -0.05) is 48.0 Å². The van der Waals surface area contributed by atoms with Gasteiger partial charge in [-0.15, -0.1) is 5.10 Å². The molecule has 5 heteroatoms. The number of hydrogen-bond donors (Lipinski definition) is 2. The van der Waals surface area contributed by atoms with Crippen LogP contribution in [0.4, 0.5) is 17.5 Å². The molecule has 0 atom stereocenters. The van der Waals surface area contributed by atoms with E-state index >= 15 is 0 Å². The van der Waals surface area contributed by atoms with Crippen molar-refractivity contribution < 1.29 is 0 Å². The summed E-state index contributed by atoms with van der Waals surface area (Å²) in [5, 5.41) is 14.5. The van der Waals surface area contributed by atoms with Gasteiger partial charge in [-0.05, 0) is 31.0 Å². The summed E-state index contributed by atoms with van der Waals surface area (Å²) in [4.78, 5) is 4.45. The topological polar surface area (TPSA) is 62.7 Å². The highest BCUT2D eigenvalue weighted by Gasteiger charge is 2.03. The molecule has 0 fully saturated rings. The Morgan fingerprint density at radius 3 is 2.70 bits per heavy atom. The van der Waals surface area contributed by atoms with Crippen LogP contribution in [0.3, 0.4) is 0 Å². The van der Waals surface area contributed by atoms with Crippen molar-refractivity contribution in [3.8, 4) is 0 Å². The lowest BCUT2D eigenvalue weighted by Crippen LogP contribution is -2.06. The molecule has 0 saturated carbocycles. The average molecular weight is 305 g/mol. The van der Waals surface area contributed by atoms with E-state index in [2.05, 4.69) is 50.9 Å². The zero-order chi connectivity index (χ0) is 16.1. The smallest absolute Gasteiger partial charge is 0.244 e.